The first-order chi connectivity index (χ1) is 7.16. The Morgan fingerprint density at radius 2 is 2.00 bits per heavy atom. The van der Waals surface area contributed by atoms with Crippen LogP contribution in [0.1, 0.15) is 25.5 Å². The molecule has 0 saturated carbocycles. The molecule has 0 radical (unpaired) electrons. The first-order valence-corrected chi connectivity index (χ1v) is 5.06. The Morgan fingerprint density at radius 3 is 2.53 bits per heavy atom. The second-order valence-corrected chi connectivity index (χ2v) is 3.40. The molecule has 3 nitrogen and oxygen atoms in total. The third-order valence-electron chi connectivity index (χ3n) is 2.27. The number of hydrogen-bond donors (Lipinski definition) is 1. The van der Waals surface area contributed by atoms with Crippen LogP contribution in [0.15, 0.2) is 30.3 Å². The molecular formula is C12H16O3. The molecule has 1 rings (SSSR count). The Hall–Kier alpha value is -1.35. The maximum atomic E-state index is 11.4. The summed E-state index contributed by atoms with van der Waals surface area (Å²) in [5.41, 5.74) is 0.734. The average Bonchev–Trinajstić information content (AvgIpc) is 2.28. The summed E-state index contributed by atoms with van der Waals surface area (Å²) in [7, 11) is 0. The molecule has 82 valence electrons. The van der Waals surface area contributed by atoms with Crippen molar-refractivity contribution in [2.75, 3.05) is 6.61 Å². The van der Waals surface area contributed by atoms with Gasteiger partial charge in [-0.15, -0.1) is 0 Å². The van der Waals surface area contributed by atoms with Crippen molar-refractivity contribution in [3.8, 4) is 0 Å². The summed E-state index contributed by atoms with van der Waals surface area (Å²) in [6.07, 6.45) is -0.801. The summed E-state index contributed by atoms with van der Waals surface area (Å²) in [4.78, 5) is 11.4. The average molecular weight is 208 g/mol. The van der Waals surface area contributed by atoms with Crippen molar-refractivity contribution < 1.29 is 14.6 Å². The van der Waals surface area contributed by atoms with E-state index < -0.39 is 12.0 Å². The van der Waals surface area contributed by atoms with Crippen LogP contribution in [0.5, 0.6) is 0 Å². The molecule has 0 amide bonds. The van der Waals surface area contributed by atoms with E-state index in [-0.39, 0.29) is 5.97 Å². The standard InChI is InChI=1S/C12H16O3/c1-3-15-12(14)9(2)11(13)10-7-5-4-6-8-10/h4-9,11,13H,3H2,1-2H3/t9?,11-/m0/s1. The molecule has 0 fully saturated rings. The number of aliphatic hydroxyl groups is 1. The van der Waals surface area contributed by atoms with Crippen LogP contribution in [0.25, 0.3) is 0 Å². The predicted octanol–water partition coefficient (Wildman–Crippen LogP) is 1.92. The van der Waals surface area contributed by atoms with E-state index in [4.69, 9.17) is 4.74 Å². The Morgan fingerprint density at radius 1 is 1.40 bits per heavy atom. The maximum absolute atomic E-state index is 11.4. The third kappa shape index (κ3) is 3.06. The molecule has 3 heteroatoms. The second kappa shape index (κ2) is 5.51. The van der Waals surface area contributed by atoms with Crippen molar-refractivity contribution in [3.05, 3.63) is 35.9 Å². The maximum Gasteiger partial charge on any atom is 0.311 e. The zero-order valence-electron chi connectivity index (χ0n) is 9.01. The van der Waals surface area contributed by atoms with Crippen molar-refractivity contribution in [3.63, 3.8) is 0 Å². The molecule has 0 aliphatic rings. The molecule has 1 aromatic carbocycles. The SMILES string of the molecule is CCOC(=O)C(C)[C@H](O)c1ccccc1. The minimum absolute atomic E-state index is 0.338. The van der Waals surface area contributed by atoms with E-state index in [1.165, 1.54) is 0 Å². The van der Waals surface area contributed by atoms with E-state index in [0.717, 1.165) is 5.56 Å². The molecular weight excluding hydrogens is 192 g/mol. The number of benzene rings is 1. The fourth-order valence-corrected chi connectivity index (χ4v) is 1.34. The summed E-state index contributed by atoms with van der Waals surface area (Å²) >= 11 is 0. The summed E-state index contributed by atoms with van der Waals surface area (Å²) in [6.45, 7) is 3.75. The number of rotatable bonds is 4. The molecule has 0 aromatic heterocycles. The summed E-state index contributed by atoms with van der Waals surface area (Å²) in [6, 6.07) is 9.11. The van der Waals surface area contributed by atoms with Gasteiger partial charge in [0.1, 0.15) is 0 Å². The van der Waals surface area contributed by atoms with Gasteiger partial charge in [-0.2, -0.15) is 0 Å². The highest BCUT2D eigenvalue weighted by atomic mass is 16.5. The monoisotopic (exact) mass is 208 g/mol. The van der Waals surface area contributed by atoms with Crippen molar-refractivity contribution >= 4 is 5.97 Å². The van der Waals surface area contributed by atoms with Gasteiger partial charge >= 0.3 is 5.97 Å². The van der Waals surface area contributed by atoms with Crippen LogP contribution < -0.4 is 0 Å². The fraction of sp³-hybridized carbons (Fsp3) is 0.417. The molecule has 2 atom stereocenters. The highest BCUT2D eigenvalue weighted by Crippen LogP contribution is 2.22. The largest absolute Gasteiger partial charge is 0.466 e. The highest BCUT2D eigenvalue weighted by Gasteiger charge is 2.24. The minimum atomic E-state index is -0.801. The summed E-state index contributed by atoms with van der Waals surface area (Å²) in [5, 5.41) is 9.89. The zero-order valence-corrected chi connectivity index (χ0v) is 9.01. The smallest absolute Gasteiger partial charge is 0.311 e. The molecule has 0 aliphatic carbocycles. The number of carbonyl (C=O) groups excluding carboxylic acids is 1. The van der Waals surface area contributed by atoms with Gasteiger partial charge in [0.25, 0.3) is 0 Å². The van der Waals surface area contributed by atoms with Gasteiger partial charge in [-0.05, 0) is 19.4 Å². The Bertz CT molecular complexity index is 308. The normalized spacial score (nSPS) is 14.3. The lowest BCUT2D eigenvalue weighted by atomic mass is 9.98. The van der Waals surface area contributed by atoms with Gasteiger partial charge in [0.15, 0.2) is 0 Å². The van der Waals surface area contributed by atoms with E-state index >= 15 is 0 Å². The number of aliphatic hydroxyl groups excluding tert-OH is 1. The van der Waals surface area contributed by atoms with Gasteiger partial charge in [-0.1, -0.05) is 30.3 Å². The molecule has 1 aromatic rings. The fourth-order valence-electron chi connectivity index (χ4n) is 1.34. The molecule has 1 N–H and O–H groups in total. The van der Waals surface area contributed by atoms with E-state index in [2.05, 4.69) is 0 Å². The number of carbonyl (C=O) groups is 1. The van der Waals surface area contributed by atoms with Crippen molar-refractivity contribution in [1.29, 1.82) is 0 Å². The topological polar surface area (TPSA) is 46.5 Å². The van der Waals surface area contributed by atoms with Crippen molar-refractivity contribution in [1.82, 2.24) is 0 Å². The van der Waals surface area contributed by atoms with Gasteiger partial charge in [0, 0.05) is 0 Å². The van der Waals surface area contributed by atoms with Crippen LogP contribution in [0.3, 0.4) is 0 Å². The van der Waals surface area contributed by atoms with Gasteiger partial charge < -0.3 is 9.84 Å². The number of esters is 1. The number of ether oxygens (including phenoxy) is 1. The van der Waals surface area contributed by atoms with Gasteiger partial charge in [-0.25, -0.2) is 0 Å². The quantitative estimate of drug-likeness (QED) is 0.769. The van der Waals surface area contributed by atoms with Crippen LogP contribution >= 0.6 is 0 Å². The molecule has 0 bridgehead atoms. The van der Waals surface area contributed by atoms with Crippen LogP contribution in [-0.2, 0) is 9.53 Å². The van der Waals surface area contributed by atoms with E-state index in [1.807, 2.05) is 18.2 Å². The lowest BCUT2D eigenvalue weighted by molar-refractivity contribution is -0.151. The minimum Gasteiger partial charge on any atom is -0.466 e. The first-order valence-electron chi connectivity index (χ1n) is 5.06. The van der Waals surface area contributed by atoms with Gasteiger partial charge in [0.05, 0.1) is 18.6 Å². The number of hydrogen-bond acceptors (Lipinski definition) is 3. The van der Waals surface area contributed by atoms with Crippen molar-refractivity contribution in [2.45, 2.75) is 20.0 Å². The zero-order chi connectivity index (χ0) is 11.3. The van der Waals surface area contributed by atoms with E-state index in [1.54, 1.807) is 26.0 Å². The molecule has 0 spiro atoms. The lowest BCUT2D eigenvalue weighted by Gasteiger charge is -2.17. The van der Waals surface area contributed by atoms with Gasteiger partial charge in [-0.3, -0.25) is 4.79 Å². The van der Waals surface area contributed by atoms with Crippen LogP contribution in [0.4, 0.5) is 0 Å². The third-order valence-corrected chi connectivity index (χ3v) is 2.27. The Kier molecular flexibility index (Phi) is 4.31. The van der Waals surface area contributed by atoms with E-state index in [0.29, 0.717) is 6.61 Å². The van der Waals surface area contributed by atoms with Crippen LogP contribution in [-0.4, -0.2) is 17.7 Å². The predicted molar refractivity (Wildman–Crippen MR) is 57.2 cm³/mol. The first kappa shape index (κ1) is 11.7. The lowest BCUT2D eigenvalue weighted by Crippen LogP contribution is -2.21. The van der Waals surface area contributed by atoms with Gasteiger partial charge in [0.2, 0.25) is 0 Å². The van der Waals surface area contributed by atoms with E-state index in [9.17, 15) is 9.90 Å². The molecule has 0 saturated heterocycles. The highest BCUT2D eigenvalue weighted by molar-refractivity contribution is 5.72. The molecule has 0 aliphatic heterocycles. The Balaban J connectivity index is 2.68. The van der Waals surface area contributed by atoms with Crippen LogP contribution in [0.2, 0.25) is 0 Å². The molecule has 0 heterocycles. The molecule has 1 unspecified atom stereocenters. The Labute approximate surface area is 89.7 Å². The molecule has 15 heavy (non-hydrogen) atoms. The van der Waals surface area contributed by atoms with Crippen molar-refractivity contribution in [2.24, 2.45) is 5.92 Å². The van der Waals surface area contributed by atoms with Crippen LogP contribution in [0, 0.1) is 5.92 Å². The second-order valence-electron chi connectivity index (χ2n) is 3.40. The summed E-state index contributed by atoms with van der Waals surface area (Å²) < 4.78 is 4.85. The summed E-state index contributed by atoms with van der Waals surface area (Å²) in [5.74, 6) is -0.902.